The molecule has 1 saturated carbocycles. The van der Waals surface area contributed by atoms with E-state index in [1.807, 2.05) is 39.1 Å². The zero-order valence-electron chi connectivity index (χ0n) is 13.2. The van der Waals surface area contributed by atoms with Gasteiger partial charge in [-0.05, 0) is 49.9 Å². The number of nitrogens with one attached hydrogen (secondary N) is 1. The van der Waals surface area contributed by atoms with Crippen LogP contribution < -0.4 is 5.32 Å². The van der Waals surface area contributed by atoms with E-state index in [1.54, 1.807) is 4.31 Å². The molecule has 0 amide bonds. The molecule has 0 unspecified atom stereocenters. The molecule has 1 aromatic carbocycles. The van der Waals surface area contributed by atoms with Crippen molar-refractivity contribution >= 4 is 10.0 Å². The van der Waals surface area contributed by atoms with Gasteiger partial charge in [0.15, 0.2) is 0 Å². The highest BCUT2D eigenvalue weighted by molar-refractivity contribution is 7.89. The lowest BCUT2D eigenvalue weighted by molar-refractivity contribution is 0.250. The SMILES string of the molecule is CCN(CC1CCC1)S(=O)(=O)c1cc(CNC)ccc1C. The van der Waals surface area contributed by atoms with Crippen LogP contribution in [0, 0.1) is 12.8 Å². The highest BCUT2D eigenvalue weighted by Crippen LogP contribution is 2.30. The second-order valence-electron chi connectivity index (χ2n) is 5.88. The molecule has 1 aliphatic carbocycles. The molecule has 21 heavy (non-hydrogen) atoms. The van der Waals surface area contributed by atoms with Gasteiger partial charge in [-0.2, -0.15) is 4.31 Å². The summed E-state index contributed by atoms with van der Waals surface area (Å²) in [6.07, 6.45) is 3.55. The molecule has 0 bridgehead atoms. The van der Waals surface area contributed by atoms with Gasteiger partial charge in [0.05, 0.1) is 4.90 Å². The van der Waals surface area contributed by atoms with Gasteiger partial charge in [-0.1, -0.05) is 25.5 Å². The summed E-state index contributed by atoms with van der Waals surface area (Å²) in [4.78, 5) is 0.455. The van der Waals surface area contributed by atoms with Crippen LogP contribution in [0.3, 0.4) is 0 Å². The van der Waals surface area contributed by atoms with Gasteiger partial charge in [-0.15, -0.1) is 0 Å². The molecule has 4 nitrogen and oxygen atoms in total. The smallest absolute Gasteiger partial charge is 0.243 e. The molecule has 1 fully saturated rings. The molecular formula is C16H26N2O2S. The summed E-state index contributed by atoms with van der Waals surface area (Å²) in [5.74, 6) is 0.542. The summed E-state index contributed by atoms with van der Waals surface area (Å²) in [5, 5.41) is 3.07. The molecule has 0 spiro atoms. The maximum Gasteiger partial charge on any atom is 0.243 e. The van der Waals surface area contributed by atoms with E-state index in [1.165, 1.54) is 6.42 Å². The minimum atomic E-state index is -3.39. The Morgan fingerprint density at radius 3 is 2.57 bits per heavy atom. The van der Waals surface area contributed by atoms with Crippen molar-refractivity contribution in [1.29, 1.82) is 0 Å². The monoisotopic (exact) mass is 310 g/mol. The lowest BCUT2D eigenvalue weighted by Crippen LogP contribution is -2.37. The third-order valence-electron chi connectivity index (χ3n) is 4.29. The highest BCUT2D eigenvalue weighted by Gasteiger charge is 2.29. The average Bonchev–Trinajstić information content (AvgIpc) is 2.39. The van der Waals surface area contributed by atoms with Crippen molar-refractivity contribution in [3.8, 4) is 0 Å². The molecule has 0 radical (unpaired) electrons. The first-order valence-corrected chi connectivity index (χ1v) is 9.17. The standard InChI is InChI=1S/C16H26N2O2S/c1-4-18(12-14-6-5-7-14)21(19,20)16-10-15(11-17-3)9-8-13(16)2/h8-10,14,17H,4-7,11-12H2,1-3H3. The Bertz CT molecular complexity index is 580. The number of nitrogens with zero attached hydrogens (tertiary/aromatic N) is 1. The fraction of sp³-hybridized carbons (Fsp3) is 0.625. The summed E-state index contributed by atoms with van der Waals surface area (Å²) in [6, 6.07) is 5.69. The molecule has 5 heteroatoms. The Morgan fingerprint density at radius 1 is 1.33 bits per heavy atom. The molecule has 0 saturated heterocycles. The molecule has 1 aliphatic rings. The first-order valence-electron chi connectivity index (χ1n) is 7.73. The summed E-state index contributed by atoms with van der Waals surface area (Å²) in [5.41, 5.74) is 1.82. The maximum atomic E-state index is 12.9. The van der Waals surface area contributed by atoms with E-state index in [2.05, 4.69) is 5.32 Å². The Labute approximate surface area is 128 Å². The molecule has 1 aromatic rings. The van der Waals surface area contributed by atoms with Gasteiger partial charge < -0.3 is 5.32 Å². The largest absolute Gasteiger partial charge is 0.316 e. The topological polar surface area (TPSA) is 49.4 Å². The molecule has 0 aromatic heterocycles. The summed E-state index contributed by atoms with van der Waals surface area (Å²) in [6.45, 7) is 5.66. The fourth-order valence-electron chi connectivity index (χ4n) is 2.74. The second kappa shape index (κ2) is 6.90. The maximum absolute atomic E-state index is 12.9. The van der Waals surface area contributed by atoms with Crippen LogP contribution in [-0.2, 0) is 16.6 Å². The zero-order chi connectivity index (χ0) is 15.5. The molecular weight excluding hydrogens is 284 g/mol. The Hall–Kier alpha value is -0.910. The highest BCUT2D eigenvalue weighted by atomic mass is 32.2. The van der Waals surface area contributed by atoms with E-state index < -0.39 is 10.0 Å². The normalized spacial score (nSPS) is 16.2. The van der Waals surface area contributed by atoms with Crippen LogP contribution in [0.1, 0.15) is 37.3 Å². The van der Waals surface area contributed by atoms with E-state index in [0.29, 0.717) is 30.4 Å². The summed E-state index contributed by atoms with van der Waals surface area (Å²) >= 11 is 0. The van der Waals surface area contributed by atoms with Gasteiger partial charge >= 0.3 is 0 Å². The first-order chi connectivity index (χ1) is 9.98. The van der Waals surface area contributed by atoms with Crippen LogP contribution in [0.5, 0.6) is 0 Å². The second-order valence-corrected chi connectivity index (χ2v) is 7.79. The van der Waals surface area contributed by atoms with Crippen molar-refractivity contribution in [3.63, 3.8) is 0 Å². The average molecular weight is 310 g/mol. The number of aryl methyl sites for hydroxylation is 1. The molecule has 1 N–H and O–H groups in total. The van der Waals surface area contributed by atoms with E-state index in [0.717, 1.165) is 24.0 Å². The Morgan fingerprint density at radius 2 is 2.05 bits per heavy atom. The van der Waals surface area contributed by atoms with E-state index in [-0.39, 0.29) is 0 Å². The van der Waals surface area contributed by atoms with Crippen molar-refractivity contribution in [3.05, 3.63) is 29.3 Å². The minimum absolute atomic E-state index is 0.455. The lowest BCUT2D eigenvalue weighted by Gasteiger charge is -2.31. The first kappa shape index (κ1) is 16.5. The van der Waals surface area contributed by atoms with Crippen molar-refractivity contribution in [2.45, 2.75) is 44.6 Å². The summed E-state index contributed by atoms with van der Waals surface area (Å²) < 4.78 is 27.5. The molecule has 0 aliphatic heterocycles. The van der Waals surface area contributed by atoms with E-state index in [4.69, 9.17) is 0 Å². The van der Waals surface area contributed by atoms with Crippen LogP contribution in [-0.4, -0.2) is 32.9 Å². The van der Waals surface area contributed by atoms with Gasteiger partial charge in [-0.25, -0.2) is 8.42 Å². The van der Waals surface area contributed by atoms with Gasteiger partial charge in [0.25, 0.3) is 0 Å². The van der Waals surface area contributed by atoms with Crippen LogP contribution in [0.25, 0.3) is 0 Å². The van der Waals surface area contributed by atoms with Crippen molar-refractivity contribution in [1.82, 2.24) is 9.62 Å². The minimum Gasteiger partial charge on any atom is -0.316 e. The van der Waals surface area contributed by atoms with Gasteiger partial charge in [-0.3, -0.25) is 0 Å². The molecule has 0 atom stereocenters. The number of hydrogen-bond acceptors (Lipinski definition) is 3. The Balaban J connectivity index is 2.29. The third-order valence-corrected chi connectivity index (χ3v) is 6.37. The van der Waals surface area contributed by atoms with Crippen LogP contribution in [0.4, 0.5) is 0 Å². The lowest BCUT2D eigenvalue weighted by atomic mass is 9.85. The van der Waals surface area contributed by atoms with Gasteiger partial charge in [0, 0.05) is 19.6 Å². The van der Waals surface area contributed by atoms with Crippen molar-refractivity contribution in [2.24, 2.45) is 5.92 Å². The molecule has 0 heterocycles. The van der Waals surface area contributed by atoms with Crippen molar-refractivity contribution in [2.75, 3.05) is 20.1 Å². The number of benzene rings is 1. The van der Waals surface area contributed by atoms with Gasteiger partial charge in [0.2, 0.25) is 10.0 Å². The zero-order valence-corrected chi connectivity index (χ0v) is 14.0. The van der Waals surface area contributed by atoms with Gasteiger partial charge in [0.1, 0.15) is 0 Å². The number of hydrogen-bond donors (Lipinski definition) is 1. The molecule has 2 rings (SSSR count). The number of sulfonamides is 1. The fourth-order valence-corrected chi connectivity index (χ4v) is 4.54. The molecule has 118 valence electrons. The number of rotatable bonds is 7. The predicted molar refractivity (Wildman–Crippen MR) is 85.7 cm³/mol. The van der Waals surface area contributed by atoms with Crippen LogP contribution >= 0.6 is 0 Å². The summed E-state index contributed by atoms with van der Waals surface area (Å²) in [7, 11) is -1.52. The third kappa shape index (κ3) is 3.65. The Kier molecular flexibility index (Phi) is 5.41. The van der Waals surface area contributed by atoms with E-state index >= 15 is 0 Å². The predicted octanol–water partition coefficient (Wildman–Crippen LogP) is 2.53. The van der Waals surface area contributed by atoms with Crippen LogP contribution in [0.2, 0.25) is 0 Å². The van der Waals surface area contributed by atoms with Crippen molar-refractivity contribution < 1.29 is 8.42 Å². The van der Waals surface area contributed by atoms with E-state index in [9.17, 15) is 8.42 Å². The quantitative estimate of drug-likeness (QED) is 0.842. The van der Waals surface area contributed by atoms with Crippen LogP contribution in [0.15, 0.2) is 23.1 Å².